The Balaban J connectivity index is 1.67. The molecule has 0 bridgehead atoms. The zero-order chi connectivity index (χ0) is 13.1. The minimum atomic E-state index is 0.413. The molecule has 19 heavy (non-hydrogen) atoms. The third-order valence-electron chi connectivity index (χ3n) is 3.70. The number of rotatable bonds is 4. The van der Waals surface area contributed by atoms with Gasteiger partial charge in [0, 0.05) is 31.2 Å². The van der Waals surface area contributed by atoms with Crippen molar-refractivity contribution in [2.75, 3.05) is 0 Å². The molecule has 0 aromatic carbocycles. The van der Waals surface area contributed by atoms with Crippen LogP contribution in [0.2, 0.25) is 0 Å². The minimum Gasteiger partial charge on any atom is -0.343 e. The van der Waals surface area contributed by atoms with Crippen LogP contribution in [0.4, 0.5) is 0 Å². The number of nitrogens with zero attached hydrogens (tertiary/aromatic N) is 4. The van der Waals surface area contributed by atoms with Crippen LogP contribution in [0.15, 0.2) is 23.4 Å². The van der Waals surface area contributed by atoms with E-state index in [4.69, 9.17) is 4.52 Å². The molecular formula is C13H19N5O. The van der Waals surface area contributed by atoms with Gasteiger partial charge in [-0.1, -0.05) is 5.16 Å². The number of piperidine rings is 1. The average Bonchev–Trinajstić information content (AvgIpc) is 3.08. The monoisotopic (exact) mass is 261 g/mol. The van der Waals surface area contributed by atoms with Gasteiger partial charge in [0.15, 0.2) is 5.82 Å². The number of aromatic nitrogens is 4. The molecule has 6 heteroatoms. The van der Waals surface area contributed by atoms with E-state index in [9.17, 15) is 0 Å². The van der Waals surface area contributed by atoms with Gasteiger partial charge in [0.05, 0.1) is 12.0 Å². The van der Waals surface area contributed by atoms with Crippen LogP contribution in [0.3, 0.4) is 0 Å². The van der Waals surface area contributed by atoms with Crippen LogP contribution in [0.25, 0.3) is 0 Å². The number of hydrogen-bond acceptors (Lipinski definition) is 5. The second kappa shape index (κ2) is 5.52. The van der Waals surface area contributed by atoms with E-state index in [0.717, 1.165) is 18.8 Å². The molecule has 1 aliphatic heterocycles. The summed E-state index contributed by atoms with van der Waals surface area (Å²) in [7, 11) is 0. The largest absolute Gasteiger partial charge is 0.343 e. The van der Waals surface area contributed by atoms with Crippen molar-refractivity contribution in [3.8, 4) is 0 Å². The molecular weight excluding hydrogens is 242 g/mol. The lowest BCUT2D eigenvalue weighted by Crippen LogP contribution is -2.35. The smallest absolute Gasteiger partial charge is 0.213 e. The molecule has 3 heterocycles. The quantitative estimate of drug-likeness (QED) is 0.907. The van der Waals surface area contributed by atoms with E-state index in [-0.39, 0.29) is 0 Å². The molecule has 2 aromatic heterocycles. The van der Waals surface area contributed by atoms with Crippen molar-refractivity contribution in [1.29, 1.82) is 0 Å². The predicted molar refractivity (Wildman–Crippen MR) is 69.4 cm³/mol. The SMILES string of the molecule is CC1CCCC(c2cncn2CCc2ncon2)N1. The van der Waals surface area contributed by atoms with E-state index < -0.39 is 0 Å². The maximum absolute atomic E-state index is 4.75. The van der Waals surface area contributed by atoms with Crippen LogP contribution < -0.4 is 5.32 Å². The molecule has 0 saturated carbocycles. The van der Waals surface area contributed by atoms with E-state index in [1.165, 1.54) is 31.4 Å². The molecule has 102 valence electrons. The molecule has 0 amide bonds. The molecule has 1 N–H and O–H groups in total. The van der Waals surface area contributed by atoms with Crippen molar-refractivity contribution >= 4 is 0 Å². The Morgan fingerprint density at radius 1 is 1.47 bits per heavy atom. The van der Waals surface area contributed by atoms with Crippen molar-refractivity contribution in [3.05, 3.63) is 30.4 Å². The van der Waals surface area contributed by atoms with Crippen molar-refractivity contribution < 1.29 is 4.52 Å². The first-order valence-corrected chi connectivity index (χ1v) is 6.84. The van der Waals surface area contributed by atoms with Crippen molar-refractivity contribution in [1.82, 2.24) is 25.0 Å². The highest BCUT2D eigenvalue weighted by atomic mass is 16.5. The van der Waals surface area contributed by atoms with Crippen LogP contribution >= 0.6 is 0 Å². The zero-order valence-electron chi connectivity index (χ0n) is 11.1. The first-order chi connectivity index (χ1) is 9.33. The normalized spacial score (nSPS) is 23.6. The maximum atomic E-state index is 4.75. The second-order valence-corrected chi connectivity index (χ2v) is 5.16. The maximum Gasteiger partial charge on any atom is 0.213 e. The number of nitrogens with one attached hydrogen (secondary N) is 1. The lowest BCUT2D eigenvalue weighted by Gasteiger charge is -2.29. The summed E-state index contributed by atoms with van der Waals surface area (Å²) in [6, 6.07) is 0.996. The number of imidazole rings is 1. The Morgan fingerprint density at radius 3 is 3.21 bits per heavy atom. The van der Waals surface area contributed by atoms with Crippen molar-refractivity contribution in [3.63, 3.8) is 0 Å². The van der Waals surface area contributed by atoms with Gasteiger partial charge < -0.3 is 14.4 Å². The van der Waals surface area contributed by atoms with Crippen LogP contribution in [0.1, 0.15) is 43.7 Å². The predicted octanol–water partition coefficient (Wildman–Crippen LogP) is 1.71. The summed E-state index contributed by atoms with van der Waals surface area (Å²) < 4.78 is 6.93. The molecule has 6 nitrogen and oxygen atoms in total. The van der Waals surface area contributed by atoms with E-state index in [2.05, 4.69) is 31.9 Å². The third kappa shape index (κ3) is 2.84. The Labute approximate surface area is 112 Å². The Hall–Kier alpha value is -1.69. The molecule has 2 aromatic rings. The Bertz CT molecular complexity index is 507. The molecule has 0 radical (unpaired) electrons. The van der Waals surface area contributed by atoms with Gasteiger partial charge in [0.25, 0.3) is 0 Å². The highest BCUT2D eigenvalue weighted by molar-refractivity contribution is 5.07. The molecule has 1 fully saturated rings. The summed E-state index contributed by atoms with van der Waals surface area (Å²) in [6.45, 7) is 3.08. The molecule has 1 aliphatic rings. The Kier molecular flexibility index (Phi) is 3.59. The number of aryl methyl sites for hydroxylation is 2. The number of hydrogen-bond donors (Lipinski definition) is 1. The molecule has 2 unspecified atom stereocenters. The van der Waals surface area contributed by atoms with Gasteiger partial charge in [-0.3, -0.25) is 0 Å². The molecule has 0 spiro atoms. The zero-order valence-corrected chi connectivity index (χ0v) is 11.1. The molecule has 1 saturated heterocycles. The first-order valence-electron chi connectivity index (χ1n) is 6.84. The van der Waals surface area contributed by atoms with Gasteiger partial charge in [0.1, 0.15) is 0 Å². The van der Waals surface area contributed by atoms with E-state index in [1.807, 2.05) is 12.5 Å². The summed E-state index contributed by atoms with van der Waals surface area (Å²) in [6.07, 6.45) is 9.69. The highest BCUT2D eigenvalue weighted by Gasteiger charge is 2.22. The lowest BCUT2D eigenvalue weighted by molar-refractivity contribution is 0.329. The summed E-state index contributed by atoms with van der Waals surface area (Å²) in [5, 5.41) is 7.48. The van der Waals surface area contributed by atoms with E-state index in [0.29, 0.717) is 12.1 Å². The van der Waals surface area contributed by atoms with Gasteiger partial charge in [-0.2, -0.15) is 4.98 Å². The van der Waals surface area contributed by atoms with Gasteiger partial charge in [-0.05, 0) is 26.2 Å². The van der Waals surface area contributed by atoms with Gasteiger partial charge in [-0.15, -0.1) is 0 Å². The van der Waals surface area contributed by atoms with Crippen LogP contribution in [-0.4, -0.2) is 25.7 Å². The van der Waals surface area contributed by atoms with Crippen LogP contribution in [0.5, 0.6) is 0 Å². The molecule has 2 atom stereocenters. The minimum absolute atomic E-state index is 0.413. The first kappa shape index (κ1) is 12.3. The fourth-order valence-electron chi connectivity index (χ4n) is 2.70. The fraction of sp³-hybridized carbons (Fsp3) is 0.615. The Morgan fingerprint density at radius 2 is 2.42 bits per heavy atom. The lowest BCUT2D eigenvalue weighted by atomic mass is 9.97. The summed E-state index contributed by atoms with van der Waals surface area (Å²) in [5.41, 5.74) is 1.26. The van der Waals surface area contributed by atoms with E-state index >= 15 is 0 Å². The highest BCUT2D eigenvalue weighted by Crippen LogP contribution is 2.25. The van der Waals surface area contributed by atoms with E-state index in [1.54, 1.807) is 0 Å². The molecule has 0 aliphatic carbocycles. The third-order valence-corrected chi connectivity index (χ3v) is 3.70. The summed E-state index contributed by atoms with van der Waals surface area (Å²) in [4.78, 5) is 8.32. The average molecular weight is 261 g/mol. The standard InChI is InChI=1S/C13H19N5O/c1-10-3-2-4-11(16-10)12-7-14-8-18(12)6-5-13-15-9-19-17-13/h7-11,16H,2-6H2,1H3. The fourth-order valence-corrected chi connectivity index (χ4v) is 2.70. The molecule has 3 rings (SSSR count). The summed E-state index contributed by atoms with van der Waals surface area (Å²) in [5.74, 6) is 0.740. The van der Waals surface area contributed by atoms with Gasteiger partial charge >= 0.3 is 0 Å². The van der Waals surface area contributed by atoms with Crippen LogP contribution in [0, 0.1) is 0 Å². The summed E-state index contributed by atoms with van der Waals surface area (Å²) >= 11 is 0. The van der Waals surface area contributed by atoms with Gasteiger partial charge in [-0.25, -0.2) is 4.98 Å². The second-order valence-electron chi connectivity index (χ2n) is 5.16. The topological polar surface area (TPSA) is 68.8 Å². The van der Waals surface area contributed by atoms with Gasteiger partial charge in [0.2, 0.25) is 6.39 Å². The van der Waals surface area contributed by atoms with Crippen molar-refractivity contribution in [2.24, 2.45) is 0 Å². The van der Waals surface area contributed by atoms with Crippen molar-refractivity contribution in [2.45, 2.75) is 51.2 Å². The van der Waals surface area contributed by atoms with Crippen LogP contribution in [-0.2, 0) is 13.0 Å².